The van der Waals surface area contributed by atoms with Gasteiger partial charge in [0.15, 0.2) is 0 Å². The molecule has 0 atom stereocenters. The summed E-state index contributed by atoms with van der Waals surface area (Å²) in [7, 11) is -1.64. The van der Waals surface area contributed by atoms with Gasteiger partial charge in [0.2, 0.25) is 0 Å². The molecule has 0 heterocycles. The van der Waals surface area contributed by atoms with E-state index >= 15 is 0 Å². The van der Waals surface area contributed by atoms with E-state index < -0.39 is 28.2 Å². The number of thiol groups is 1. The minimum absolute atomic E-state index is 0.0586. The molecule has 15 heavy (non-hydrogen) atoms. The molecule has 0 aliphatic heterocycles. The number of carbonyl (C=O) groups excluding carboxylic acids is 1. The molecule has 0 spiro atoms. The van der Waals surface area contributed by atoms with Crippen LogP contribution in [0.25, 0.3) is 0 Å². The van der Waals surface area contributed by atoms with Crippen molar-refractivity contribution < 1.29 is 22.3 Å². The zero-order valence-corrected chi connectivity index (χ0v) is 8.79. The van der Waals surface area contributed by atoms with Crippen LogP contribution in [-0.4, -0.2) is 21.5 Å². The first kappa shape index (κ1) is 11.6. The van der Waals surface area contributed by atoms with E-state index in [4.69, 9.17) is 0 Å². The van der Waals surface area contributed by atoms with E-state index in [-0.39, 0.29) is 11.1 Å². The molecule has 0 saturated carbocycles. The molecule has 0 N–H and O–H groups in total. The molecule has 0 unspecified atom stereocenters. The Morgan fingerprint density at radius 3 is 2.67 bits per heavy atom. The highest BCUT2D eigenvalue weighted by molar-refractivity contribution is 7.71. The molecule has 1 aromatic carbocycles. The Labute approximate surface area is 87.6 Å². The Bertz CT molecular complexity index is 445. The van der Waals surface area contributed by atoms with Crippen LogP contribution in [0.15, 0.2) is 18.2 Å². The van der Waals surface area contributed by atoms with Gasteiger partial charge in [-0.25, -0.2) is 17.6 Å². The molecule has 0 aliphatic carbocycles. The van der Waals surface area contributed by atoms with Crippen molar-refractivity contribution in [2.75, 3.05) is 7.11 Å². The van der Waals surface area contributed by atoms with Gasteiger partial charge in [-0.3, -0.25) is 0 Å². The van der Waals surface area contributed by atoms with E-state index in [9.17, 15) is 17.6 Å². The smallest absolute Gasteiger partial charge is 0.338 e. The molecule has 0 amide bonds. The maximum atomic E-state index is 13.2. The fourth-order valence-corrected chi connectivity index (χ4v) is 1.73. The lowest BCUT2D eigenvalue weighted by atomic mass is 10.1. The molecule has 0 aromatic heterocycles. The van der Waals surface area contributed by atoms with Crippen molar-refractivity contribution in [3.63, 3.8) is 0 Å². The van der Waals surface area contributed by atoms with Crippen molar-refractivity contribution in [2.24, 2.45) is 0 Å². The van der Waals surface area contributed by atoms with Crippen molar-refractivity contribution in [3.8, 4) is 0 Å². The molecule has 4 nitrogen and oxygen atoms in total. The molecule has 0 fully saturated rings. The number of ether oxygens (including phenoxy) is 1. The fourth-order valence-electron chi connectivity index (χ4n) is 1.15. The van der Waals surface area contributed by atoms with Gasteiger partial charge in [0.25, 0.3) is 0 Å². The first-order valence-electron chi connectivity index (χ1n) is 4.03. The molecular formula is C9H9FO4S. The van der Waals surface area contributed by atoms with Crippen molar-refractivity contribution in [2.45, 2.75) is 5.75 Å². The summed E-state index contributed by atoms with van der Waals surface area (Å²) in [5.41, 5.74) is -0.211. The lowest BCUT2D eigenvalue weighted by molar-refractivity contribution is 0.0599. The number of esters is 1. The summed E-state index contributed by atoms with van der Waals surface area (Å²) >= 11 is 0. The predicted molar refractivity (Wildman–Crippen MR) is 51.8 cm³/mol. The third-order valence-electron chi connectivity index (χ3n) is 1.81. The summed E-state index contributed by atoms with van der Waals surface area (Å²) in [5, 5.41) is 0. The fraction of sp³-hybridized carbons (Fsp3) is 0.222. The Balaban J connectivity index is 3.25. The number of methoxy groups -OCH3 is 1. The van der Waals surface area contributed by atoms with E-state index in [1.165, 1.54) is 12.1 Å². The minimum atomic E-state index is -2.79. The standard InChI is InChI=1S/C9H9FO4S/c1-14-9(11)6-3-2-4-8(10)7(6)5-15(12)13/h2-4,15H,5H2,1H3. The molecule has 0 bridgehead atoms. The number of hydrogen-bond donors (Lipinski definition) is 1. The number of benzene rings is 1. The summed E-state index contributed by atoms with van der Waals surface area (Å²) in [4.78, 5) is 11.2. The van der Waals surface area contributed by atoms with E-state index in [1.807, 2.05) is 0 Å². The van der Waals surface area contributed by atoms with Crippen LogP contribution in [0.2, 0.25) is 0 Å². The maximum absolute atomic E-state index is 13.2. The topological polar surface area (TPSA) is 60.4 Å². The minimum Gasteiger partial charge on any atom is -0.465 e. The van der Waals surface area contributed by atoms with Gasteiger partial charge in [-0.2, -0.15) is 0 Å². The predicted octanol–water partition coefficient (Wildman–Crippen LogP) is 0.724. The lowest BCUT2D eigenvalue weighted by Crippen LogP contribution is -2.08. The second-order valence-corrected chi connectivity index (χ2v) is 3.73. The normalized spacial score (nSPS) is 10.3. The van der Waals surface area contributed by atoms with Crippen LogP contribution in [-0.2, 0) is 21.2 Å². The van der Waals surface area contributed by atoms with Crippen LogP contribution < -0.4 is 0 Å². The monoisotopic (exact) mass is 232 g/mol. The summed E-state index contributed by atoms with van der Waals surface area (Å²) in [6, 6.07) is 3.74. The van der Waals surface area contributed by atoms with Crippen molar-refractivity contribution in [1.29, 1.82) is 0 Å². The average Bonchev–Trinajstić information content (AvgIpc) is 2.19. The van der Waals surface area contributed by atoms with Crippen molar-refractivity contribution >= 4 is 16.7 Å². The van der Waals surface area contributed by atoms with Crippen molar-refractivity contribution in [1.82, 2.24) is 0 Å². The van der Waals surface area contributed by atoms with Gasteiger partial charge in [0.05, 0.1) is 18.4 Å². The largest absolute Gasteiger partial charge is 0.465 e. The quantitative estimate of drug-likeness (QED) is 0.616. The van der Waals surface area contributed by atoms with Gasteiger partial charge in [-0.1, -0.05) is 6.07 Å². The molecule has 1 aromatic rings. The van der Waals surface area contributed by atoms with Crippen LogP contribution in [0.3, 0.4) is 0 Å². The zero-order chi connectivity index (χ0) is 11.4. The first-order valence-corrected chi connectivity index (χ1v) is 5.40. The molecule has 82 valence electrons. The average molecular weight is 232 g/mol. The zero-order valence-electron chi connectivity index (χ0n) is 7.90. The Hall–Kier alpha value is -1.43. The van der Waals surface area contributed by atoms with E-state index in [0.717, 1.165) is 13.2 Å². The highest BCUT2D eigenvalue weighted by Crippen LogP contribution is 2.15. The lowest BCUT2D eigenvalue weighted by Gasteiger charge is -2.05. The van der Waals surface area contributed by atoms with E-state index in [1.54, 1.807) is 0 Å². The Morgan fingerprint density at radius 1 is 1.47 bits per heavy atom. The highest BCUT2D eigenvalue weighted by atomic mass is 32.2. The van der Waals surface area contributed by atoms with Crippen LogP contribution in [0.4, 0.5) is 4.39 Å². The highest BCUT2D eigenvalue weighted by Gasteiger charge is 2.15. The Kier molecular flexibility index (Phi) is 3.79. The third kappa shape index (κ3) is 2.76. The number of halogens is 1. The van der Waals surface area contributed by atoms with Gasteiger partial charge < -0.3 is 4.74 Å². The van der Waals surface area contributed by atoms with Crippen molar-refractivity contribution in [3.05, 3.63) is 35.1 Å². The second kappa shape index (κ2) is 4.88. The van der Waals surface area contributed by atoms with Gasteiger partial charge >= 0.3 is 5.97 Å². The molecule has 0 saturated heterocycles. The van der Waals surface area contributed by atoms with Gasteiger partial charge in [0.1, 0.15) is 16.5 Å². The summed E-state index contributed by atoms with van der Waals surface area (Å²) in [6.45, 7) is 0. The molecule has 0 radical (unpaired) electrons. The maximum Gasteiger partial charge on any atom is 0.338 e. The van der Waals surface area contributed by atoms with Gasteiger partial charge in [-0.05, 0) is 12.1 Å². The van der Waals surface area contributed by atoms with Gasteiger partial charge in [0, 0.05) is 5.56 Å². The molecular weight excluding hydrogens is 223 g/mol. The number of rotatable bonds is 3. The van der Waals surface area contributed by atoms with Crippen LogP contribution in [0, 0.1) is 5.82 Å². The summed E-state index contributed by atoms with van der Waals surface area (Å²) in [6.07, 6.45) is 0. The van der Waals surface area contributed by atoms with Gasteiger partial charge in [-0.15, -0.1) is 0 Å². The van der Waals surface area contributed by atoms with Crippen LogP contribution in [0.5, 0.6) is 0 Å². The Morgan fingerprint density at radius 2 is 2.13 bits per heavy atom. The molecule has 1 rings (SSSR count). The first-order chi connectivity index (χ1) is 7.06. The third-order valence-corrected chi connectivity index (χ3v) is 2.39. The van der Waals surface area contributed by atoms with E-state index in [2.05, 4.69) is 4.74 Å². The molecule has 0 aliphatic rings. The number of hydrogen-bond acceptors (Lipinski definition) is 4. The molecule has 6 heteroatoms. The summed E-state index contributed by atoms with van der Waals surface area (Å²) in [5.74, 6) is -1.98. The van der Waals surface area contributed by atoms with E-state index in [0.29, 0.717) is 0 Å². The van der Waals surface area contributed by atoms with Crippen LogP contribution >= 0.6 is 0 Å². The summed E-state index contributed by atoms with van der Waals surface area (Å²) < 4.78 is 38.6. The SMILES string of the molecule is COC(=O)c1cccc(F)c1C[SH](=O)=O. The number of carbonyl (C=O) groups is 1. The van der Waals surface area contributed by atoms with Crippen LogP contribution in [0.1, 0.15) is 15.9 Å². The second-order valence-electron chi connectivity index (χ2n) is 2.75.